The number of benzene rings is 1. The summed E-state index contributed by atoms with van der Waals surface area (Å²) >= 11 is 0. The maximum absolute atomic E-state index is 13.0. The van der Waals surface area contributed by atoms with Crippen LogP contribution in [0.2, 0.25) is 0 Å². The second-order valence-corrected chi connectivity index (χ2v) is 9.98. The third kappa shape index (κ3) is 3.90. The third-order valence-electron chi connectivity index (χ3n) is 6.37. The molecule has 1 aromatic carbocycles. The number of nitrogens with zero attached hydrogens (tertiary/aromatic N) is 1. The number of anilines is 1. The SMILES string of the molecule is COc1ccc(NC(=O)CC2CC3CCC2C3)cc1S(=O)(=O)N1CCOCC1. The Kier molecular flexibility index (Phi) is 5.62. The minimum atomic E-state index is -3.72. The lowest BCUT2D eigenvalue weighted by molar-refractivity contribution is -0.117. The molecule has 1 aliphatic heterocycles. The molecule has 4 rings (SSSR count). The van der Waals surface area contributed by atoms with E-state index in [1.165, 1.54) is 36.7 Å². The third-order valence-corrected chi connectivity index (χ3v) is 8.29. The first kappa shape index (κ1) is 19.7. The van der Waals surface area contributed by atoms with Gasteiger partial charge in [0.2, 0.25) is 15.9 Å². The van der Waals surface area contributed by atoms with Crippen molar-refractivity contribution in [3.63, 3.8) is 0 Å². The largest absolute Gasteiger partial charge is 0.495 e. The topological polar surface area (TPSA) is 84.9 Å². The summed E-state index contributed by atoms with van der Waals surface area (Å²) in [5, 5.41) is 2.89. The Morgan fingerprint density at radius 3 is 2.68 bits per heavy atom. The van der Waals surface area contributed by atoms with Crippen molar-refractivity contribution in [1.29, 1.82) is 0 Å². The average Bonchev–Trinajstić information content (AvgIpc) is 3.31. The van der Waals surface area contributed by atoms with Crippen LogP contribution in [0.4, 0.5) is 5.69 Å². The first-order valence-electron chi connectivity index (χ1n) is 10.0. The molecule has 154 valence electrons. The summed E-state index contributed by atoms with van der Waals surface area (Å²) in [6.07, 6.45) is 5.48. The zero-order valence-corrected chi connectivity index (χ0v) is 17.0. The van der Waals surface area contributed by atoms with E-state index in [9.17, 15) is 13.2 Å². The zero-order chi connectivity index (χ0) is 19.7. The molecule has 2 aliphatic carbocycles. The minimum Gasteiger partial charge on any atom is -0.495 e. The van der Waals surface area contributed by atoms with E-state index in [1.807, 2.05) is 0 Å². The van der Waals surface area contributed by atoms with Gasteiger partial charge in [-0.15, -0.1) is 0 Å². The molecular formula is C20H28N2O5S. The Balaban J connectivity index is 1.49. The highest BCUT2D eigenvalue weighted by Crippen LogP contribution is 2.49. The number of fused-ring (bicyclic) bond motifs is 2. The van der Waals surface area contributed by atoms with Gasteiger partial charge in [-0.25, -0.2) is 8.42 Å². The molecule has 3 atom stereocenters. The predicted molar refractivity (Wildman–Crippen MR) is 105 cm³/mol. The highest BCUT2D eigenvalue weighted by atomic mass is 32.2. The van der Waals surface area contributed by atoms with E-state index in [1.54, 1.807) is 12.1 Å². The molecule has 0 spiro atoms. The molecule has 0 radical (unpaired) electrons. The molecule has 0 aromatic heterocycles. The van der Waals surface area contributed by atoms with Crippen molar-refractivity contribution in [2.24, 2.45) is 17.8 Å². The number of carbonyl (C=O) groups is 1. The van der Waals surface area contributed by atoms with Crippen LogP contribution in [-0.2, 0) is 19.6 Å². The number of hydrogen-bond acceptors (Lipinski definition) is 5. The Labute approximate surface area is 166 Å². The summed E-state index contributed by atoms with van der Waals surface area (Å²) in [6.45, 7) is 1.38. The van der Waals surface area contributed by atoms with Gasteiger partial charge < -0.3 is 14.8 Å². The fourth-order valence-corrected chi connectivity index (χ4v) is 6.55. The molecule has 3 fully saturated rings. The second-order valence-electron chi connectivity index (χ2n) is 8.07. The molecule has 7 nitrogen and oxygen atoms in total. The highest BCUT2D eigenvalue weighted by Gasteiger charge is 2.40. The number of amides is 1. The van der Waals surface area contributed by atoms with Crippen molar-refractivity contribution in [3.05, 3.63) is 18.2 Å². The number of hydrogen-bond donors (Lipinski definition) is 1. The van der Waals surface area contributed by atoms with Gasteiger partial charge in [-0.1, -0.05) is 6.42 Å². The Morgan fingerprint density at radius 2 is 2.04 bits per heavy atom. The normalized spacial score (nSPS) is 27.7. The van der Waals surface area contributed by atoms with Crippen LogP contribution in [0.15, 0.2) is 23.1 Å². The van der Waals surface area contributed by atoms with E-state index in [-0.39, 0.29) is 16.6 Å². The maximum atomic E-state index is 13.0. The lowest BCUT2D eigenvalue weighted by atomic mass is 9.86. The van der Waals surface area contributed by atoms with E-state index in [4.69, 9.17) is 9.47 Å². The van der Waals surface area contributed by atoms with E-state index in [2.05, 4.69) is 5.32 Å². The second kappa shape index (κ2) is 8.00. The van der Waals surface area contributed by atoms with Gasteiger partial charge in [-0.2, -0.15) is 4.31 Å². The summed E-state index contributed by atoms with van der Waals surface area (Å²) in [5.74, 6) is 2.18. The van der Waals surface area contributed by atoms with Crippen molar-refractivity contribution in [2.75, 3.05) is 38.7 Å². The predicted octanol–water partition coefficient (Wildman–Crippen LogP) is 2.48. The lowest BCUT2D eigenvalue weighted by Crippen LogP contribution is -2.40. The van der Waals surface area contributed by atoms with Gasteiger partial charge >= 0.3 is 0 Å². The van der Waals surface area contributed by atoms with Gasteiger partial charge in [-0.3, -0.25) is 4.79 Å². The standard InChI is InChI=1S/C20H28N2O5S/c1-26-18-5-4-17(13-19(18)28(24,25)22-6-8-27-9-7-22)21-20(23)12-16-11-14-2-3-15(16)10-14/h4-5,13-16H,2-3,6-12H2,1H3,(H,21,23). The van der Waals surface area contributed by atoms with Gasteiger partial charge in [0.05, 0.1) is 20.3 Å². The van der Waals surface area contributed by atoms with Crippen molar-refractivity contribution < 1.29 is 22.7 Å². The molecule has 1 aromatic rings. The Hall–Kier alpha value is -1.64. The molecular weight excluding hydrogens is 380 g/mol. The van der Waals surface area contributed by atoms with Crippen LogP contribution in [0.25, 0.3) is 0 Å². The molecule has 3 unspecified atom stereocenters. The fourth-order valence-electron chi connectivity index (χ4n) is 4.96. The molecule has 3 aliphatic rings. The maximum Gasteiger partial charge on any atom is 0.246 e. The van der Waals surface area contributed by atoms with Crippen molar-refractivity contribution >= 4 is 21.6 Å². The van der Waals surface area contributed by atoms with E-state index in [0.717, 1.165) is 12.3 Å². The number of sulfonamides is 1. The van der Waals surface area contributed by atoms with Crippen molar-refractivity contribution in [3.8, 4) is 5.75 Å². The number of morpholine rings is 1. The van der Waals surface area contributed by atoms with Gasteiger partial charge in [0.1, 0.15) is 10.6 Å². The number of nitrogens with one attached hydrogen (secondary N) is 1. The van der Waals surface area contributed by atoms with Gasteiger partial charge in [0.15, 0.2) is 0 Å². The van der Waals surface area contributed by atoms with Crippen LogP contribution in [0, 0.1) is 17.8 Å². The quantitative estimate of drug-likeness (QED) is 0.782. The summed E-state index contributed by atoms with van der Waals surface area (Å²) in [4.78, 5) is 12.6. The minimum absolute atomic E-state index is 0.0440. The fraction of sp³-hybridized carbons (Fsp3) is 0.650. The lowest BCUT2D eigenvalue weighted by Gasteiger charge is -2.27. The van der Waals surface area contributed by atoms with E-state index in [0.29, 0.717) is 50.2 Å². The monoisotopic (exact) mass is 408 g/mol. The summed E-state index contributed by atoms with van der Waals surface area (Å²) < 4.78 is 38.0. The highest BCUT2D eigenvalue weighted by molar-refractivity contribution is 7.89. The zero-order valence-electron chi connectivity index (χ0n) is 16.2. The van der Waals surface area contributed by atoms with Crippen LogP contribution in [0.5, 0.6) is 5.75 Å². The van der Waals surface area contributed by atoms with Crippen LogP contribution >= 0.6 is 0 Å². The first-order valence-corrected chi connectivity index (χ1v) is 11.5. The molecule has 1 saturated heterocycles. The molecule has 28 heavy (non-hydrogen) atoms. The number of methoxy groups -OCH3 is 1. The number of rotatable bonds is 6. The number of ether oxygens (including phenoxy) is 2. The summed E-state index contributed by atoms with van der Waals surface area (Å²) in [7, 11) is -2.27. The van der Waals surface area contributed by atoms with Gasteiger partial charge in [-0.05, 0) is 55.2 Å². The Morgan fingerprint density at radius 1 is 1.25 bits per heavy atom. The average molecular weight is 409 g/mol. The molecule has 1 heterocycles. The molecule has 2 saturated carbocycles. The van der Waals surface area contributed by atoms with Crippen LogP contribution in [0.1, 0.15) is 32.1 Å². The number of carbonyl (C=O) groups excluding carboxylic acids is 1. The summed E-state index contributed by atoms with van der Waals surface area (Å²) in [5.41, 5.74) is 0.487. The smallest absolute Gasteiger partial charge is 0.246 e. The molecule has 1 amide bonds. The van der Waals surface area contributed by atoms with Gasteiger partial charge in [0.25, 0.3) is 0 Å². The van der Waals surface area contributed by atoms with Crippen LogP contribution in [-0.4, -0.2) is 52.0 Å². The Bertz CT molecular complexity index is 835. The van der Waals surface area contributed by atoms with Crippen LogP contribution < -0.4 is 10.1 Å². The molecule has 1 N–H and O–H groups in total. The van der Waals surface area contributed by atoms with Crippen LogP contribution in [0.3, 0.4) is 0 Å². The van der Waals surface area contributed by atoms with E-state index < -0.39 is 10.0 Å². The van der Waals surface area contributed by atoms with Crippen molar-refractivity contribution in [1.82, 2.24) is 4.31 Å². The first-order chi connectivity index (χ1) is 13.5. The molecule has 8 heteroatoms. The summed E-state index contributed by atoms with van der Waals surface area (Å²) in [6, 6.07) is 4.79. The van der Waals surface area contributed by atoms with E-state index >= 15 is 0 Å². The van der Waals surface area contributed by atoms with Gasteiger partial charge in [0, 0.05) is 25.2 Å². The van der Waals surface area contributed by atoms with Crippen molar-refractivity contribution in [2.45, 2.75) is 37.0 Å². The molecule has 2 bridgehead atoms.